The molecule has 0 heterocycles. The van der Waals surface area contributed by atoms with E-state index in [1.807, 2.05) is 5.32 Å². The van der Waals surface area contributed by atoms with Crippen LogP contribution in [0.2, 0.25) is 0 Å². The van der Waals surface area contributed by atoms with Crippen LogP contribution in [0.25, 0.3) is 0 Å². The lowest BCUT2D eigenvalue weighted by Crippen LogP contribution is -2.55. The summed E-state index contributed by atoms with van der Waals surface area (Å²) in [5.74, 6) is -5.21. The summed E-state index contributed by atoms with van der Waals surface area (Å²) in [7, 11) is 0. The molecule has 1 aliphatic carbocycles. The van der Waals surface area contributed by atoms with Gasteiger partial charge in [0.25, 0.3) is 11.8 Å². The molecule has 15 heteroatoms. The second kappa shape index (κ2) is 12.9. The second-order valence-corrected chi connectivity index (χ2v) is 7.26. The third-order valence-electron chi connectivity index (χ3n) is 4.60. The normalized spacial score (nSPS) is 14.4. The van der Waals surface area contributed by atoms with Crippen molar-refractivity contribution in [2.75, 3.05) is 6.54 Å². The molecular formula is C21H26ClN7O7. The summed E-state index contributed by atoms with van der Waals surface area (Å²) in [5, 5.41) is 35.8. The van der Waals surface area contributed by atoms with E-state index in [1.54, 1.807) is 0 Å². The predicted octanol–water partition coefficient (Wildman–Crippen LogP) is -1.64. The lowest BCUT2D eigenvalue weighted by molar-refractivity contribution is -0.136. The first-order chi connectivity index (χ1) is 16.4. The van der Waals surface area contributed by atoms with Gasteiger partial charge in [-0.3, -0.25) is 24.5 Å². The first-order valence-electron chi connectivity index (χ1n) is 9.97. The van der Waals surface area contributed by atoms with Gasteiger partial charge >= 0.3 is 0 Å². The summed E-state index contributed by atoms with van der Waals surface area (Å²) in [4.78, 5) is 52.2. The van der Waals surface area contributed by atoms with Crippen LogP contribution in [0, 0.1) is 0 Å². The fraction of sp³-hybridized carbons (Fsp3) is 0.190. The first-order valence-corrected chi connectivity index (χ1v) is 9.97. The Kier molecular flexibility index (Phi) is 10.6. The summed E-state index contributed by atoms with van der Waals surface area (Å²) in [6.45, 7) is 2.84. The Morgan fingerprint density at radius 1 is 1.06 bits per heavy atom. The second-order valence-electron chi connectivity index (χ2n) is 7.26. The van der Waals surface area contributed by atoms with E-state index in [2.05, 4.69) is 22.2 Å². The Hall–Kier alpha value is -4.40. The number of carbonyl (C=O) groups excluding carboxylic acids is 4. The highest BCUT2D eigenvalue weighted by Crippen LogP contribution is 2.23. The molecule has 1 unspecified atom stereocenters. The molecule has 194 valence electrons. The molecule has 0 fully saturated rings. The van der Waals surface area contributed by atoms with Gasteiger partial charge in [-0.2, -0.15) is 0 Å². The number of nitrogens with zero attached hydrogens (tertiary/aromatic N) is 1. The van der Waals surface area contributed by atoms with Gasteiger partial charge in [-0.15, -0.1) is 12.4 Å². The van der Waals surface area contributed by atoms with E-state index in [0.29, 0.717) is 5.69 Å². The maximum atomic E-state index is 12.2. The Labute approximate surface area is 211 Å². The number of aliphatic hydroxyl groups excluding tert-OH is 3. The monoisotopic (exact) mass is 523 g/mol. The van der Waals surface area contributed by atoms with Crippen molar-refractivity contribution in [2.24, 2.45) is 22.2 Å². The van der Waals surface area contributed by atoms with Crippen LogP contribution in [-0.2, 0) is 14.4 Å². The maximum absolute atomic E-state index is 12.2. The summed E-state index contributed by atoms with van der Waals surface area (Å²) < 4.78 is 0. The number of hydrogen-bond donors (Lipinski definition) is 9. The molecule has 0 spiro atoms. The van der Waals surface area contributed by atoms with Crippen LogP contribution in [0.4, 0.5) is 5.69 Å². The fourth-order valence-corrected chi connectivity index (χ4v) is 2.70. The summed E-state index contributed by atoms with van der Waals surface area (Å²) in [6, 6.07) is 3.85. The molecule has 0 bridgehead atoms. The SMILES string of the molecule is C=C1CC=C(NC(=O)C(O)[C@H](N)C(=O)NCC(=O)NC(=O)c2ccc(N=C(N)N)cc2)C(O)=C1O.Cl. The smallest absolute Gasteiger partial charge is 0.257 e. The topological polar surface area (TPSA) is 255 Å². The highest BCUT2D eigenvalue weighted by Gasteiger charge is 2.31. The molecule has 2 rings (SSSR count). The minimum absolute atomic E-state index is 0. The van der Waals surface area contributed by atoms with E-state index in [0.717, 1.165) is 0 Å². The third-order valence-corrected chi connectivity index (χ3v) is 4.60. The molecule has 4 amide bonds. The number of guanidine groups is 1. The molecule has 0 saturated heterocycles. The van der Waals surface area contributed by atoms with E-state index < -0.39 is 53.8 Å². The molecule has 0 radical (unpaired) electrons. The molecule has 1 aromatic rings. The summed E-state index contributed by atoms with van der Waals surface area (Å²) in [5.41, 5.74) is 16.6. The fourth-order valence-electron chi connectivity index (χ4n) is 2.70. The molecule has 36 heavy (non-hydrogen) atoms. The van der Waals surface area contributed by atoms with Gasteiger partial charge in [0.1, 0.15) is 6.04 Å². The third kappa shape index (κ3) is 7.83. The van der Waals surface area contributed by atoms with Gasteiger partial charge in [0.05, 0.1) is 17.9 Å². The largest absolute Gasteiger partial charge is 0.504 e. The van der Waals surface area contributed by atoms with E-state index in [1.165, 1.54) is 30.3 Å². The van der Waals surface area contributed by atoms with Crippen LogP contribution in [0.3, 0.4) is 0 Å². The quantitative estimate of drug-likeness (QED) is 0.139. The number of benzene rings is 1. The van der Waals surface area contributed by atoms with Crippen molar-refractivity contribution >= 4 is 47.7 Å². The zero-order valence-corrected chi connectivity index (χ0v) is 19.5. The van der Waals surface area contributed by atoms with Crippen LogP contribution >= 0.6 is 12.4 Å². The number of rotatable bonds is 8. The Bertz CT molecular complexity index is 1140. The Morgan fingerprint density at radius 2 is 1.67 bits per heavy atom. The van der Waals surface area contributed by atoms with Gasteiger partial charge < -0.3 is 43.2 Å². The van der Waals surface area contributed by atoms with Crippen molar-refractivity contribution in [3.8, 4) is 0 Å². The maximum Gasteiger partial charge on any atom is 0.257 e. The molecule has 0 aromatic heterocycles. The highest BCUT2D eigenvalue weighted by atomic mass is 35.5. The molecule has 2 atom stereocenters. The Balaban J connectivity index is 0.00000648. The number of aliphatic imine (C=N–C) groups is 1. The molecule has 0 aliphatic heterocycles. The van der Waals surface area contributed by atoms with Crippen molar-refractivity contribution in [3.63, 3.8) is 0 Å². The van der Waals surface area contributed by atoms with Gasteiger partial charge in [0.15, 0.2) is 23.6 Å². The van der Waals surface area contributed by atoms with Gasteiger partial charge in [-0.05, 0) is 36.3 Å². The average molecular weight is 524 g/mol. The Morgan fingerprint density at radius 3 is 2.25 bits per heavy atom. The summed E-state index contributed by atoms with van der Waals surface area (Å²) >= 11 is 0. The molecule has 14 nitrogen and oxygen atoms in total. The van der Waals surface area contributed by atoms with Gasteiger partial charge in [-0.25, -0.2) is 4.99 Å². The number of nitrogens with two attached hydrogens (primary N) is 3. The zero-order valence-electron chi connectivity index (χ0n) is 18.7. The highest BCUT2D eigenvalue weighted by molar-refractivity contribution is 6.06. The van der Waals surface area contributed by atoms with Crippen LogP contribution in [0.15, 0.2) is 64.7 Å². The number of imide groups is 1. The van der Waals surface area contributed by atoms with Gasteiger partial charge in [0, 0.05) is 5.56 Å². The van der Waals surface area contributed by atoms with E-state index in [4.69, 9.17) is 17.2 Å². The van der Waals surface area contributed by atoms with E-state index >= 15 is 0 Å². The first kappa shape index (κ1) is 29.6. The van der Waals surface area contributed by atoms with Crippen LogP contribution < -0.4 is 33.2 Å². The lowest BCUT2D eigenvalue weighted by Gasteiger charge is -2.20. The minimum atomic E-state index is -2.07. The van der Waals surface area contributed by atoms with Crippen molar-refractivity contribution in [1.82, 2.24) is 16.0 Å². The van der Waals surface area contributed by atoms with Crippen LogP contribution in [0.5, 0.6) is 0 Å². The molecule has 12 N–H and O–H groups in total. The number of allylic oxidation sites excluding steroid dienone is 2. The molecule has 1 aliphatic rings. The molecular weight excluding hydrogens is 498 g/mol. The van der Waals surface area contributed by atoms with E-state index in [-0.39, 0.29) is 41.6 Å². The number of nitrogens with one attached hydrogen (secondary N) is 3. The molecule has 1 aromatic carbocycles. The van der Waals surface area contributed by atoms with Crippen LogP contribution in [0.1, 0.15) is 16.8 Å². The standard InChI is InChI=1S/C21H25N7O7.ClH/c1-9-2-7-12(16(31)15(9)30)27-20(35)17(32)14(22)19(34)25-8-13(29)28-18(33)10-3-5-11(6-4-10)26-21(23)24;/h3-7,14,17,30-32H,1-2,8,22H2,(H,25,34)(H,27,35)(H4,23,24,26)(H,28,29,33);1H/t14-,17?;/m0./s1. The van der Waals surface area contributed by atoms with Crippen LogP contribution in [-0.4, -0.2) is 63.6 Å². The van der Waals surface area contributed by atoms with Gasteiger partial charge in [-0.1, -0.05) is 12.7 Å². The van der Waals surface area contributed by atoms with Crippen molar-refractivity contribution in [1.29, 1.82) is 0 Å². The number of halogens is 1. The lowest BCUT2D eigenvalue weighted by atomic mass is 10.0. The average Bonchev–Trinajstić information content (AvgIpc) is 2.81. The van der Waals surface area contributed by atoms with E-state index in [9.17, 15) is 34.5 Å². The number of aliphatic hydroxyl groups is 3. The van der Waals surface area contributed by atoms with Crippen molar-refractivity contribution < 1.29 is 34.5 Å². The van der Waals surface area contributed by atoms with Gasteiger partial charge in [0.2, 0.25) is 11.8 Å². The number of carbonyl (C=O) groups is 4. The van der Waals surface area contributed by atoms with Crippen molar-refractivity contribution in [3.05, 3.63) is 65.3 Å². The minimum Gasteiger partial charge on any atom is -0.504 e. The summed E-state index contributed by atoms with van der Waals surface area (Å²) in [6.07, 6.45) is -0.601. The van der Waals surface area contributed by atoms with Crippen molar-refractivity contribution in [2.45, 2.75) is 18.6 Å². The number of hydrogen-bond acceptors (Lipinski definition) is 9. The predicted molar refractivity (Wildman–Crippen MR) is 131 cm³/mol. The zero-order chi connectivity index (χ0) is 26.3. The molecule has 0 saturated carbocycles. The number of amides is 4.